The molecular weight excluding hydrogens is 825 g/mol. The molecule has 1 aliphatic carbocycles. The molecule has 0 N–H and O–H groups in total. The summed E-state index contributed by atoms with van der Waals surface area (Å²) < 4.78 is 25.1. The molecule has 0 spiro atoms. The number of furan rings is 1. The second-order valence-corrected chi connectivity index (χ2v) is 23.9. The molecule has 1 radical (unpaired) electrons. The monoisotopic (exact) mass is 869 g/mol. The summed E-state index contributed by atoms with van der Waals surface area (Å²) in [4.78, 5) is 9.10. The van der Waals surface area contributed by atoms with Crippen molar-refractivity contribution < 1.29 is 27.3 Å². The average molecular weight is 868 g/mol. The van der Waals surface area contributed by atoms with Crippen LogP contribution in [-0.2, 0) is 26.5 Å². The van der Waals surface area contributed by atoms with Crippen molar-refractivity contribution in [1.82, 2.24) is 9.97 Å². The Hall–Kier alpha value is -3.83. The Morgan fingerprint density at radius 3 is 2.33 bits per heavy atom. The van der Waals surface area contributed by atoms with Gasteiger partial charge in [0.15, 0.2) is 0 Å². The fraction of sp³-hybridized carbons (Fsp3) is 0.209. The first-order valence-corrected chi connectivity index (χ1v) is 23.9. The van der Waals surface area contributed by atoms with Gasteiger partial charge in [-0.25, -0.2) is 0 Å². The summed E-state index contributed by atoms with van der Waals surface area (Å²) >= 11 is -1.72. The van der Waals surface area contributed by atoms with Crippen molar-refractivity contribution in [3.63, 3.8) is 0 Å². The first-order valence-electron chi connectivity index (χ1n) is 17.5. The molecule has 7 aromatic rings. The van der Waals surface area contributed by atoms with E-state index in [1.807, 2.05) is 79.0 Å². The van der Waals surface area contributed by atoms with Crippen LogP contribution >= 0.6 is 0 Å². The third-order valence-corrected chi connectivity index (χ3v) is 13.1. The van der Waals surface area contributed by atoms with Crippen LogP contribution in [-0.4, -0.2) is 23.2 Å². The van der Waals surface area contributed by atoms with Gasteiger partial charge in [0.05, 0.1) is 5.58 Å². The minimum Gasteiger partial charge on any atom is 0 e. The molecule has 243 valence electrons. The summed E-state index contributed by atoms with van der Waals surface area (Å²) in [5.41, 5.74) is 8.26. The van der Waals surface area contributed by atoms with Crippen molar-refractivity contribution in [2.24, 2.45) is 5.92 Å². The van der Waals surface area contributed by atoms with Crippen LogP contribution in [0.4, 0.5) is 0 Å². The first kappa shape index (κ1) is 31.4. The maximum Gasteiger partial charge on any atom is 0 e. The van der Waals surface area contributed by atoms with E-state index in [1.54, 1.807) is 6.20 Å². The summed E-state index contributed by atoms with van der Waals surface area (Å²) in [6.07, 6.45) is 6.54. The topological polar surface area (TPSA) is 38.9 Å². The molecular formula is C43H40GeIrN2O-2. The van der Waals surface area contributed by atoms with Gasteiger partial charge in [0.25, 0.3) is 0 Å². The number of benzene rings is 4. The van der Waals surface area contributed by atoms with E-state index in [9.17, 15) is 0 Å². The van der Waals surface area contributed by atoms with E-state index in [0.29, 0.717) is 5.56 Å². The van der Waals surface area contributed by atoms with E-state index >= 15 is 0 Å². The summed E-state index contributed by atoms with van der Waals surface area (Å²) in [7, 11) is 0. The van der Waals surface area contributed by atoms with Gasteiger partial charge in [-0.15, -0.1) is 23.8 Å². The summed E-state index contributed by atoms with van der Waals surface area (Å²) in [6.45, 7) is 0. The van der Waals surface area contributed by atoms with Gasteiger partial charge >= 0.3 is 99.8 Å². The largest absolute Gasteiger partial charge is 0 e. The molecule has 3 nitrogen and oxygen atoms in total. The number of pyridine rings is 2. The maximum absolute atomic E-state index is 8.77. The van der Waals surface area contributed by atoms with Gasteiger partial charge in [-0.3, -0.25) is 0 Å². The van der Waals surface area contributed by atoms with Gasteiger partial charge in [0.2, 0.25) is 0 Å². The van der Waals surface area contributed by atoms with Gasteiger partial charge in [-0.1, -0.05) is 85.2 Å². The fourth-order valence-corrected chi connectivity index (χ4v) is 8.47. The molecule has 0 saturated heterocycles. The molecule has 3 aromatic heterocycles. The van der Waals surface area contributed by atoms with Crippen LogP contribution in [0.2, 0.25) is 17.3 Å². The molecule has 0 unspecified atom stereocenters. The fourth-order valence-electron chi connectivity index (χ4n) is 6.30. The van der Waals surface area contributed by atoms with Crippen LogP contribution in [0.5, 0.6) is 0 Å². The normalized spacial score (nSPS) is 14.1. The predicted molar refractivity (Wildman–Crippen MR) is 198 cm³/mol. The third kappa shape index (κ3) is 7.73. The van der Waals surface area contributed by atoms with E-state index < -0.39 is 19.6 Å². The number of fused-ring (bicyclic) bond motifs is 3. The standard InChI is InChI=1S/C29H24NO.C14H16GeN.Ir/c1-2-9-22(10-3-1)24-11-6-12-28-29(24)25-19-23(13-14-27(25)31-28)26-18-21(15-16-30-26)17-20-7-4-5-8-20;1-15(2,3)13-9-10-14(16-11-13)12-7-5-4-6-8-12;/h1-3,6,9-12,14-16,18-20H,4-5,7-8,17H2;4-7,9-11H,1-3H3;/q2*-1;/i17D2;;. The Morgan fingerprint density at radius 1 is 0.792 bits per heavy atom. The Bertz CT molecular complexity index is 2190. The van der Waals surface area contributed by atoms with Gasteiger partial charge in [0, 0.05) is 34.4 Å². The maximum atomic E-state index is 8.77. The summed E-state index contributed by atoms with van der Waals surface area (Å²) in [6, 6.07) is 42.9. The van der Waals surface area contributed by atoms with Crippen LogP contribution in [0.1, 0.15) is 34.0 Å². The molecule has 1 fully saturated rings. The van der Waals surface area contributed by atoms with E-state index in [1.165, 1.54) is 4.40 Å². The molecule has 8 rings (SSSR count). The molecule has 3 heterocycles. The molecule has 5 heteroatoms. The first-order chi connectivity index (χ1) is 23.7. The van der Waals surface area contributed by atoms with Crippen LogP contribution in [0.15, 0.2) is 126 Å². The van der Waals surface area contributed by atoms with E-state index in [-0.39, 0.29) is 26.0 Å². The zero-order valence-corrected chi connectivity index (χ0v) is 32.1. The second-order valence-electron chi connectivity index (χ2n) is 13.3. The Kier molecular flexibility index (Phi) is 9.93. The SMILES string of the molecule is [2H]C([2H])(c1ccnc(-c2[c-]cc3oc4cccc(-c5ccccc5)c4c3c2)c1)C1CCCC1.[CH3][Ge]([CH3])([CH3])[c]1ccc(-c2[c-]cccc2)nc1.[Ir]. The van der Waals surface area contributed by atoms with Gasteiger partial charge < -0.3 is 9.40 Å². The Balaban J connectivity index is 0.000000215. The van der Waals surface area contributed by atoms with Crippen LogP contribution in [0, 0.1) is 18.1 Å². The molecule has 0 atom stereocenters. The van der Waals surface area contributed by atoms with Crippen molar-refractivity contribution in [3.8, 4) is 33.6 Å². The zero-order chi connectivity index (χ0) is 34.0. The molecule has 1 saturated carbocycles. The minimum atomic E-state index is -1.72. The van der Waals surface area contributed by atoms with Crippen molar-refractivity contribution in [2.45, 2.75) is 49.3 Å². The molecule has 0 aliphatic heterocycles. The van der Waals surface area contributed by atoms with Crippen LogP contribution in [0.25, 0.3) is 55.6 Å². The van der Waals surface area contributed by atoms with Crippen molar-refractivity contribution in [3.05, 3.63) is 139 Å². The summed E-state index contributed by atoms with van der Waals surface area (Å²) in [5, 5.41) is 2.09. The molecule has 0 amide bonds. The number of aromatic nitrogens is 2. The molecule has 1 aliphatic rings. The van der Waals surface area contributed by atoms with Gasteiger partial charge in [-0.2, -0.15) is 0 Å². The minimum absolute atomic E-state index is 0. The Labute approximate surface area is 303 Å². The molecule has 48 heavy (non-hydrogen) atoms. The smallest absolute Gasteiger partial charge is 0 e. The third-order valence-electron chi connectivity index (χ3n) is 8.89. The van der Waals surface area contributed by atoms with E-state index in [0.717, 1.165) is 81.3 Å². The zero-order valence-electron chi connectivity index (χ0n) is 29.6. The number of hydrogen-bond acceptors (Lipinski definition) is 3. The number of hydrogen-bond donors (Lipinski definition) is 0. The van der Waals surface area contributed by atoms with Crippen LogP contribution in [0.3, 0.4) is 0 Å². The molecule has 0 bridgehead atoms. The van der Waals surface area contributed by atoms with Crippen molar-refractivity contribution >= 4 is 39.6 Å². The predicted octanol–water partition coefficient (Wildman–Crippen LogP) is 10.9. The van der Waals surface area contributed by atoms with E-state index in [4.69, 9.17) is 7.16 Å². The van der Waals surface area contributed by atoms with Gasteiger partial charge in [-0.05, 0) is 41.2 Å². The van der Waals surface area contributed by atoms with Crippen molar-refractivity contribution in [1.29, 1.82) is 0 Å². The summed E-state index contributed by atoms with van der Waals surface area (Å²) in [5.74, 6) is 7.22. The second kappa shape index (κ2) is 15.2. The van der Waals surface area contributed by atoms with E-state index in [2.05, 4.69) is 75.8 Å². The van der Waals surface area contributed by atoms with Crippen LogP contribution < -0.4 is 4.40 Å². The average Bonchev–Trinajstić information content (AvgIpc) is 3.82. The Morgan fingerprint density at radius 2 is 1.60 bits per heavy atom. The number of nitrogens with zero attached hydrogens (tertiary/aromatic N) is 2. The number of rotatable bonds is 6. The van der Waals surface area contributed by atoms with Gasteiger partial charge in [0.1, 0.15) is 5.58 Å². The molecule has 4 aromatic carbocycles. The van der Waals surface area contributed by atoms with Crippen molar-refractivity contribution in [2.75, 3.05) is 0 Å². The quantitative estimate of drug-likeness (QED) is 0.123.